The molecule has 6 nitrogen and oxygen atoms in total. The number of pyridine rings is 1. The molecule has 6 heteroatoms. The van der Waals surface area contributed by atoms with Crippen molar-refractivity contribution in [2.45, 2.75) is 52.4 Å². The number of aliphatic hydroxyl groups is 1. The van der Waals surface area contributed by atoms with Crippen molar-refractivity contribution < 1.29 is 14.6 Å². The molecule has 1 aromatic carbocycles. The molecule has 0 aliphatic carbocycles. The fourth-order valence-electron chi connectivity index (χ4n) is 3.11. The highest BCUT2D eigenvalue weighted by Gasteiger charge is 2.14. The fraction of sp³-hybridized carbons (Fsp3) is 0.542. The van der Waals surface area contributed by atoms with Gasteiger partial charge in [0.1, 0.15) is 12.7 Å². The van der Waals surface area contributed by atoms with Crippen molar-refractivity contribution in [2.24, 2.45) is 0 Å². The van der Waals surface area contributed by atoms with Gasteiger partial charge < -0.3 is 19.5 Å². The number of rotatable bonds is 12. The minimum Gasteiger partial charge on any atom is -0.493 e. The molecule has 0 amide bonds. The van der Waals surface area contributed by atoms with Gasteiger partial charge in [-0.15, -0.1) is 0 Å². The molecule has 2 aromatic rings. The highest BCUT2D eigenvalue weighted by atomic mass is 16.5. The van der Waals surface area contributed by atoms with Crippen molar-refractivity contribution in [3.05, 3.63) is 53.3 Å². The van der Waals surface area contributed by atoms with Crippen LogP contribution >= 0.6 is 0 Å². The zero-order valence-corrected chi connectivity index (χ0v) is 19.3. The number of methoxy groups -OCH3 is 1. The van der Waals surface area contributed by atoms with Crippen molar-refractivity contribution in [3.8, 4) is 11.5 Å². The second-order valence-electron chi connectivity index (χ2n) is 8.17. The van der Waals surface area contributed by atoms with Gasteiger partial charge >= 0.3 is 0 Å². The smallest absolute Gasteiger partial charge is 0.161 e. The van der Waals surface area contributed by atoms with E-state index in [2.05, 4.69) is 54.7 Å². The summed E-state index contributed by atoms with van der Waals surface area (Å²) in [6.07, 6.45) is 2.40. The van der Waals surface area contributed by atoms with Crippen LogP contribution in [0, 0.1) is 0 Å². The highest BCUT2D eigenvalue weighted by Crippen LogP contribution is 2.28. The van der Waals surface area contributed by atoms with Crippen molar-refractivity contribution in [2.75, 3.05) is 34.4 Å². The third kappa shape index (κ3) is 7.59. The Morgan fingerprint density at radius 3 is 2.37 bits per heavy atom. The number of aliphatic hydroxyl groups excluding tert-OH is 1. The summed E-state index contributed by atoms with van der Waals surface area (Å²) in [7, 11) is 5.71. The average Bonchev–Trinajstić information content (AvgIpc) is 2.73. The van der Waals surface area contributed by atoms with Crippen molar-refractivity contribution in [3.63, 3.8) is 0 Å². The molecule has 30 heavy (non-hydrogen) atoms. The van der Waals surface area contributed by atoms with Crippen LogP contribution in [0.5, 0.6) is 11.5 Å². The quantitative estimate of drug-likeness (QED) is 0.574. The Hall–Kier alpha value is -2.15. The van der Waals surface area contributed by atoms with E-state index in [4.69, 9.17) is 9.47 Å². The molecule has 1 N–H and O–H groups in total. The normalized spacial score (nSPS) is 12.6. The predicted octanol–water partition coefficient (Wildman–Crippen LogP) is 3.36. The number of hydrogen-bond donors (Lipinski definition) is 1. The van der Waals surface area contributed by atoms with Gasteiger partial charge in [-0.2, -0.15) is 0 Å². The first-order valence-electron chi connectivity index (χ1n) is 10.6. The molecule has 0 aliphatic rings. The summed E-state index contributed by atoms with van der Waals surface area (Å²) in [5, 5.41) is 10.2. The SMILES string of the molecule is CCc1ccc(CN(C)Cc2ccc(OC[C@@H](O)CN(C)C(C)C)c(OC)c2)nc1. The second kappa shape index (κ2) is 11.9. The maximum absolute atomic E-state index is 10.2. The van der Waals surface area contributed by atoms with E-state index in [9.17, 15) is 5.11 Å². The van der Waals surface area contributed by atoms with Crippen molar-refractivity contribution in [1.82, 2.24) is 14.8 Å². The van der Waals surface area contributed by atoms with Gasteiger partial charge in [0.05, 0.1) is 12.8 Å². The van der Waals surface area contributed by atoms with Gasteiger partial charge in [0.2, 0.25) is 0 Å². The second-order valence-corrected chi connectivity index (χ2v) is 8.17. The van der Waals surface area contributed by atoms with E-state index < -0.39 is 6.10 Å². The number of likely N-dealkylation sites (N-methyl/N-ethyl adjacent to an activating group) is 1. The lowest BCUT2D eigenvalue weighted by atomic mass is 10.1. The number of aryl methyl sites for hydroxylation is 1. The summed E-state index contributed by atoms with van der Waals surface area (Å²) < 4.78 is 11.3. The molecule has 0 unspecified atom stereocenters. The topological polar surface area (TPSA) is 58.1 Å². The van der Waals surface area contributed by atoms with Crippen LogP contribution in [0.25, 0.3) is 0 Å². The third-order valence-electron chi connectivity index (χ3n) is 5.22. The Morgan fingerprint density at radius 2 is 1.77 bits per heavy atom. The summed E-state index contributed by atoms with van der Waals surface area (Å²) >= 11 is 0. The summed E-state index contributed by atoms with van der Waals surface area (Å²) in [6, 6.07) is 10.5. The lowest BCUT2D eigenvalue weighted by molar-refractivity contribution is 0.0668. The van der Waals surface area contributed by atoms with Crippen LogP contribution in [0.3, 0.4) is 0 Å². The molecule has 1 heterocycles. The number of hydrogen-bond acceptors (Lipinski definition) is 6. The molecule has 0 fully saturated rings. The van der Waals surface area contributed by atoms with E-state index in [0.717, 1.165) is 30.8 Å². The third-order valence-corrected chi connectivity index (χ3v) is 5.22. The van der Waals surface area contributed by atoms with Gasteiger partial charge in [-0.1, -0.05) is 19.1 Å². The van der Waals surface area contributed by atoms with Crippen LogP contribution in [-0.4, -0.2) is 66.4 Å². The van der Waals surface area contributed by atoms with Crippen LogP contribution < -0.4 is 9.47 Å². The van der Waals surface area contributed by atoms with Crippen molar-refractivity contribution >= 4 is 0 Å². The van der Waals surface area contributed by atoms with E-state index in [1.54, 1.807) is 7.11 Å². The van der Waals surface area contributed by atoms with E-state index in [1.807, 2.05) is 31.4 Å². The molecule has 0 aliphatic heterocycles. The Bertz CT molecular complexity index is 765. The van der Waals surface area contributed by atoms with Gasteiger partial charge in [-0.25, -0.2) is 0 Å². The van der Waals surface area contributed by atoms with Gasteiger partial charge in [-0.3, -0.25) is 9.88 Å². The first-order chi connectivity index (χ1) is 14.3. The zero-order valence-electron chi connectivity index (χ0n) is 19.3. The largest absolute Gasteiger partial charge is 0.493 e. The molecule has 2 rings (SSSR count). The molecule has 0 saturated heterocycles. The Labute approximate surface area is 181 Å². The Morgan fingerprint density at radius 1 is 1.03 bits per heavy atom. The molecular weight excluding hydrogens is 378 g/mol. The maximum atomic E-state index is 10.2. The fourth-order valence-corrected chi connectivity index (χ4v) is 3.11. The van der Waals surface area contributed by atoms with E-state index in [-0.39, 0.29) is 6.61 Å². The molecule has 166 valence electrons. The standard InChI is InChI=1S/C24H37N3O3/c1-7-19-8-10-21(25-13-19)15-26(4)14-20-9-11-23(24(12-20)29-6)30-17-22(28)16-27(5)18(2)3/h8-13,18,22,28H,7,14-17H2,1-6H3/t22-/m0/s1. The lowest BCUT2D eigenvalue weighted by Gasteiger charge is -2.24. The number of benzene rings is 1. The first-order valence-corrected chi connectivity index (χ1v) is 10.6. The molecule has 1 aromatic heterocycles. The summed E-state index contributed by atoms with van der Waals surface area (Å²) in [6.45, 7) is 8.68. The minimum absolute atomic E-state index is 0.228. The number of nitrogens with zero attached hydrogens (tertiary/aromatic N) is 3. The lowest BCUT2D eigenvalue weighted by Crippen LogP contribution is -2.36. The zero-order chi connectivity index (χ0) is 22.1. The Kier molecular flexibility index (Phi) is 9.56. The van der Waals surface area contributed by atoms with Crippen molar-refractivity contribution in [1.29, 1.82) is 0 Å². The summed E-state index contributed by atoms with van der Waals surface area (Å²) in [5.41, 5.74) is 3.44. The molecular formula is C24H37N3O3. The van der Waals surface area contributed by atoms with E-state index >= 15 is 0 Å². The van der Waals surface area contributed by atoms with Crippen LogP contribution in [0.4, 0.5) is 0 Å². The first kappa shape index (κ1) is 24.1. The van der Waals surface area contributed by atoms with E-state index in [1.165, 1.54) is 5.56 Å². The molecule has 0 bridgehead atoms. The maximum Gasteiger partial charge on any atom is 0.161 e. The average molecular weight is 416 g/mol. The minimum atomic E-state index is -0.556. The molecule has 1 atom stereocenters. The predicted molar refractivity (Wildman–Crippen MR) is 121 cm³/mol. The van der Waals surface area contributed by atoms with Crippen LogP contribution in [0.2, 0.25) is 0 Å². The highest BCUT2D eigenvalue weighted by molar-refractivity contribution is 5.43. The van der Waals surface area contributed by atoms with Gasteiger partial charge in [-0.05, 0) is 63.7 Å². The summed E-state index contributed by atoms with van der Waals surface area (Å²) in [4.78, 5) is 8.85. The van der Waals surface area contributed by atoms with E-state index in [0.29, 0.717) is 24.1 Å². The number of aromatic nitrogens is 1. The summed E-state index contributed by atoms with van der Waals surface area (Å²) in [5.74, 6) is 1.32. The van der Waals surface area contributed by atoms with Gasteiger partial charge in [0.15, 0.2) is 11.5 Å². The van der Waals surface area contributed by atoms with Crippen LogP contribution in [0.1, 0.15) is 37.6 Å². The van der Waals surface area contributed by atoms with Gasteiger partial charge in [0, 0.05) is 31.9 Å². The molecule has 0 radical (unpaired) electrons. The van der Waals surface area contributed by atoms with Gasteiger partial charge in [0.25, 0.3) is 0 Å². The molecule has 0 spiro atoms. The monoisotopic (exact) mass is 415 g/mol. The molecule has 0 saturated carbocycles. The van der Waals surface area contributed by atoms with Crippen LogP contribution in [0.15, 0.2) is 36.5 Å². The Balaban J connectivity index is 1.92. The van der Waals surface area contributed by atoms with Crippen LogP contribution in [-0.2, 0) is 19.5 Å². The number of ether oxygens (including phenoxy) is 2.